The van der Waals surface area contributed by atoms with E-state index in [4.69, 9.17) is 4.74 Å². The summed E-state index contributed by atoms with van der Waals surface area (Å²) < 4.78 is 7.79. The topological polar surface area (TPSA) is 34.5 Å². The van der Waals surface area contributed by atoms with E-state index in [0.717, 1.165) is 17.0 Å². The Bertz CT molecular complexity index is 668. The van der Waals surface area contributed by atoms with E-state index >= 15 is 0 Å². The number of thioether (sulfide) groups is 1. The van der Waals surface area contributed by atoms with Crippen LogP contribution < -0.4 is 4.74 Å². The number of hydrogen-bond donors (Lipinski definition) is 0. The lowest BCUT2D eigenvalue weighted by atomic mass is 10.1. The van der Waals surface area contributed by atoms with E-state index in [1.165, 1.54) is 0 Å². The fourth-order valence-electron chi connectivity index (χ4n) is 2.69. The van der Waals surface area contributed by atoms with Gasteiger partial charge in [-0.2, -0.15) is 0 Å². The van der Waals surface area contributed by atoms with E-state index in [1.807, 2.05) is 49.3 Å². The SMILES string of the molecule is CCOc1ccccc1C1SCC(=O)N1Cc1cccn1C. The molecule has 3 rings (SSSR count). The molecule has 1 aliphatic heterocycles. The van der Waals surface area contributed by atoms with E-state index in [-0.39, 0.29) is 11.3 Å². The number of carbonyl (C=O) groups is 1. The Labute approximate surface area is 135 Å². The molecule has 116 valence electrons. The summed E-state index contributed by atoms with van der Waals surface area (Å²) in [7, 11) is 2.01. The Morgan fingerprint density at radius 2 is 2.09 bits per heavy atom. The second kappa shape index (κ2) is 6.48. The summed E-state index contributed by atoms with van der Waals surface area (Å²) in [4.78, 5) is 14.3. The van der Waals surface area contributed by atoms with E-state index in [1.54, 1.807) is 11.8 Å². The Morgan fingerprint density at radius 3 is 2.82 bits per heavy atom. The maximum absolute atomic E-state index is 12.3. The second-order valence-corrected chi connectivity index (χ2v) is 6.33. The van der Waals surface area contributed by atoms with Crippen molar-refractivity contribution in [3.63, 3.8) is 0 Å². The van der Waals surface area contributed by atoms with Crippen LogP contribution in [0, 0.1) is 0 Å². The minimum atomic E-state index is 0.0187. The van der Waals surface area contributed by atoms with Gasteiger partial charge in [-0.25, -0.2) is 0 Å². The maximum Gasteiger partial charge on any atom is 0.234 e. The lowest BCUT2D eigenvalue weighted by molar-refractivity contribution is -0.128. The molecule has 0 N–H and O–H groups in total. The molecule has 1 saturated heterocycles. The van der Waals surface area contributed by atoms with Crippen LogP contribution in [0.15, 0.2) is 42.6 Å². The molecule has 1 aliphatic rings. The normalized spacial score (nSPS) is 18.0. The molecule has 1 aromatic heterocycles. The number of ether oxygens (including phenoxy) is 1. The van der Waals surface area contributed by atoms with Crippen molar-refractivity contribution in [3.05, 3.63) is 53.9 Å². The van der Waals surface area contributed by atoms with Gasteiger partial charge in [0.1, 0.15) is 11.1 Å². The van der Waals surface area contributed by atoms with E-state index in [0.29, 0.717) is 18.9 Å². The summed E-state index contributed by atoms with van der Waals surface area (Å²) in [6, 6.07) is 12.1. The van der Waals surface area contributed by atoms with Gasteiger partial charge in [0, 0.05) is 24.5 Å². The highest BCUT2D eigenvalue weighted by Crippen LogP contribution is 2.43. The van der Waals surface area contributed by atoms with Crippen LogP contribution in [0.5, 0.6) is 5.75 Å². The molecule has 1 atom stereocenters. The first-order chi connectivity index (χ1) is 10.7. The standard InChI is InChI=1S/C17H20N2O2S/c1-3-21-15-9-5-4-8-14(15)17-19(16(20)12-22-17)11-13-7-6-10-18(13)2/h4-10,17H,3,11-12H2,1-2H3. The molecule has 1 aromatic carbocycles. The molecule has 4 nitrogen and oxygen atoms in total. The maximum atomic E-state index is 12.3. The third-order valence-corrected chi connectivity index (χ3v) is 5.07. The summed E-state index contributed by atoms with van der Waals surface area (Å²) in [5.41, 5.74) is 2.21. The zero-order valence-electron chi connectivity index (χ0n) is 12.9. The molecular weight excluding hydrogens is 296 g/mol. The van der Waals surface area contributed by atoms with Crippen LogP contribution in [-0.2, 0) is 18.4 Å². The lowest BCUT2D eigenvalue weighted by Crippen LogP contribution is -2.28. The zero-order chi connectivity index (χ0) is 15.5. The van der Waals surface area contributed by atoms with Crippen molar-refractivity contribution in [3.8, 4) is 5.75 Å². The van der Waals surface area contributed by atoms with Crippen LogP contribution in [0.2, 0.25) is 0 Å². The van der Waals surface area contributed by atoms with Gasteiger partial charge in [-0.1, -0.05) is 18.2 Å². The average Bonchev–Trinajstić information content (AvgIpc) is 3.08. The molecule has 2 aromatic rings. The first-order valence-corrected chi connectivity index (χ1v) is 8.48. The first kappa shape index (κ1) is 15.0. The van der Waals surface area contributed by atoms with Crippen LogP contribution in [-0.4, -0.2) is 27.7 Å². The smallest absolute Gasteiger partial charge is 0.234 e. The Hall–Kier alpha value is -1.88. The van der Waals surface area contributed by atoms with Crippen LogP contribution in [0.25, 0.3) is 0 Å². The summed E-state index contributed by atoms with van der Waals surface area (Å²) in [6.07, 6.45) is 2.01. The molecule has 0 spiro atoms. The summed E-state index contributed by atoms with van der Waals surface area (Å²) in [5, 5.41) is 0.0187. The molecule has 0 aliphatic carbocycles. The van der Waals surface area contributed by atoms with Crippen LogP contribution in [0.4, 0.5) is 0 Å². The van der Waals surface area contributed by atoms with Crippen molar-refractivity contribution in [1.29, 1.82) is 0 Å². The monoisotopic (exact) mass is 316 g/mol. The molecular formula is C17H20N2O2S. The number of para-hydroxylation sites is 1. The highest BCUT2D eigenvalue weighted by atomic mass is 32.2. The number of hydrogen-bond acceptors (Lipinski definition) is 3. The predicted octanol–water partition coefficient (Wildman–Crippen LogP) is 3.20. The van der Waals surface area contributed by atoms with Crippen molar-refractivity contribution in [2.24, 2.45) is 7.05 Å². The highest BCUT2D eigenvalue weighted by molar-refractivity contribution is 8.00. The van der Waals surface area contributed by atoms with Crippen molar-refractivity contribution in [1.82, 2.24) is 9.47 Å². The number of nitrogens with zero attached hydrogens (tertiary/aromatic N) is 2. The summed E-state index contributed by atoms with van der Waals surface area (Å²) in [5.74, 6) is 1.58. The van der Waals surface area contributed by atoms with Gasteiger partial charge < -0.3 is 14.2 Å². The van der Waals surface area contributed by atoms with Crippen LogP contribution in [0.1, 0.15) is 23.6 Å². The van der Waals surface area contributed by atoms with Gasteiger partial charge in [0.15, 0.2) is 0 Å². The average molecular weight is 316 g/mol. The molecule has 1 amide bonds. The fourth-order valence-corrected chi connectivity index (χ4v) is 3.90. The number of carbonyl (C=O) groups excluding carboxylic acids is 1. The molecule has 1 unspecified atom stereocenters. The molecule has 0 saturated carbocycles. The zero-order valence-corrected chi connectivity index (χ0v) is 13.7. The first-order valence-electron chi connectivity index (χ1n) is 7.43. The minimum Gasteiger partial charge on any atom is -0.493 e. The predicted molar refractivity (Wildman–Crippen MR) is 88.8 cm³/mol. The van der Waals surface area contributed by atoms with Crippen molar-refractivity contribution in [2.45, 2.75) is 18.8 Å². The quantitative estimate of drug-likeness (QED) is 0.849. The molecule has 2 heterocycles. The Morgan fingerprint density at radius 1 is 1.27 bits per heavy atom. The summed E-state index contributed by atoms with van der Waals surface area (Å²) >= 11 is 1.67. The largest absolute Gasteiger partial charge is 0.493 e. The molecule has 0 bridgehead atoms. The van der Waals surface area contributed by atoms with Gasteiger partial charge in [-0.05, 0) is 25.1 Å². The number of aromatic nitrogens is 1. The van der Waals surface area contributed by atoms with Crippen molar-refractivity contribution >= 4 is 17.7 Å². The van der Waals surface area contributed by atoms with Gasteiger partial charge in [-0.15, -0.1) is 11.8 Å². The number of rotatable bonds is 5. The molecule has 5 heteroatoms. The van der Waals surface area contributed by atoms with Gasteiger partial charge in [0.05, 0.1) is 18.9 Å². The van der Waals surface area contributed by atoms with E-state index < -0.39 is 0 Å². The van der Waals surface area contributed by atoms with Gasteiger partial charge >= 0.3 is 0 Å². The Balaban J connectivity index is 1.89. The van der Waals surface area contributed by atoms with Crippen molar-refractivity contribution < 1.29 is 9.53 Å². The Kier molecular flexibility index (Phi) is 4.43. The lowest BCUT2D eigenvalue weighted by Gasteiger charge is -2.26. The van der Waals surface area contributed by atoms with Gasteiger partial charge in [-0.3, -0.25) is 4.79 Å². The highest BCUT2D eigenvalue weighted by Gasteiger charge is 2.34. The number of aryl methyl sites for hydroxylation is 1. The second-order valence-electron chi connectivity index (χ2n) is 5.27. The molecule has 1 fully saturated rings. The van der Waals surface area contributed by atoms with Crippen LogP contribution >= 0.6 is 11.8 Å². The van der Waals surface area contributed by atoms with Crippen molar-refractivity contribution in [2.75, 3.05) is 12.4 Å². The van der Waals surface area contributed by atoms with E-state index in [9.17, 15) is 4.79 Å². The van der Waals surface area contributed by atoms with E-state index in [2.05, 4.69) is 16.7 Å². The van der Waals surface area contributed by atoms with Gasteiger partial charge in [0.2, 0.25) is 5.91 Å². The third-order valence-electron chi connectivity index (χ3n) is 3.84. The fraction of sp³-hybridized carbons (Fsp3) is 0.353. The van der Waals surface area contributed by atoms with Crippen LogP contribution in [0.3, 0.4) is 0 Å². The number of amides is 1. The molecule has 22 heavy (non-hydrogen) atoms. The molecule has 0 radical (unpaired) electrons. The van der Waals surface area contributed by atoms with Gasteiger partial charge in [0.25, 0.3) is 0 Å². The minimum absolute atomic E-state index is 0.0187. The summed E-state index contributed by atoms with van der Waals surface area (Å²) in [6.45, 7) is 3.23. The third kappa shape index (κ3) is 2.86. The number of benzene rings is 1.